The van der Waals surface area contributed by atoms with Gasteiger partial charge in [0, 0.05) is 29.1 Å². The Labute approximate surface area is 172 Å². The SMILES string of the molecule is CN1C2CCCC1CC(N(C(N)=O)c1ccccc1-c1noc(C(C)(C)C)n1)C2. The molecule has 156 valence electrons. The summed E-state index contributed by atoms with van der Waals surface area (Å²) in [4.78, 5) is 21.5. The lowest BCUT2D eigenvalue weighted by Crippen LogP contribution is -2.57. The molecule has 7 heteroatoms. The minimum atomic E-state index is -0.426. The van der Waals surface area contributed by atoms with Gasteiger partial charge in [0.05, 0.1) is 5.69 Å². The summed E-state index contributed by atoms with van der Waals surface area (Å²) in [7, 11) is 2.21. The van der Waals surface area contributed by atoms with E-state index in [4.69, 9.17) is 10.3 Å². The van der Waals surface area contributed by atoms with Gasteiger partial charge in [0.25, 0.3) is 0 Å². The van der Waals surface area contributed by atoms with E-state index in [1.807, 2.05) is 45.0 Å². The molecule has 7 nitrogen and oxygen atoms in total. The highest BCUT2D eigenvalue weighted by Gasteiger charge is 2.40. The average Bonchev–Trinajstić information content (AvgIpc) is 3.13. The quantitative estimate of drug-likeness (QED) is 0.847. The minimum Gasteiger partial charge on any atom is -0.351 e. The third-order valence-electron chi connectivity index (χ3n) is 6.39. The monoisotopic (exact) mass is 397 g/mol. The standard InChI is InChI=1S/C22H31N5O2/c1-22(2,3)20-24-19(25-29-20)17-10-5-6-11-18(17)27(21(23)28)16-12-14-8-7-9-15(13-16)26(14)4/h5-6,10-11,14-16H,7-9,12-13H2,1-4H3,(H2,23,28). The van der Waals surface area contributed by atoms with Crippen molar-refractivity contribution in [3.8, 4) is 11.4 Å². The van der Waals surface area contributed by atoms with Gasteiger partial charge in [0.1, 0.15) is 0 Å². The summed E-state index contributed by atoms with van der Waals surface area (Å²) < 4.78 is 5.50. The van der Waals surface area contributed by atoms with Crippen molar-refractivity contribution in [1.29, 1.82) is 0 Å². The Morgan fingerprint density at radius 2 is 1.86 bits per heavy atom. The van der Waals surface area contributed by atoms with Crippen molar-refractivity contribution in [3.63, 3.8) is 0 Å². The number of benzene rings is 1. The van der Waals surface area contributed by atoms with Crippen LogP contribution in [0.15, 0.2) is 28.8 Å². The zero-order chi connectivity index (χ0) is 20.8. The van der Waals surface area contributed by atoms with Crippen molar-refractivity contribution in [1.82, 2.24) is 15.0 Å². The number of urea groups is 1. The molecule has 2 fully saturated rings. The summed E-state index contributed by atoms with van der Waals surface area (Å²) >= 11 is 0. The Kier molecular flexibility index (Phi) is 5.11. The fraction of sp³-hybridized carbons (Fsp3) is 0.591. The third kappa shape index (κ3) is 3.75. The van der Waals surface area contributed by atoms with Gasteiger partial charge in [-0.1, -0.05) is 44.5 Å². The van der Waals surface area contributed by atoms with Gasteiger partial charge >= 0.3 is 6.03 Å². The number of anilines is 1. The summed E-state index contributed by atoms with van der Waals surface area (Å²) in [5.41, 5.74) is 7.21. The molecular weight excluding hydrogens is 366 g/mol. The highest BCUT2D eigenvalue weighted by Crippen LogP contribution is 2.39. The minimum absolute atomic E-state index is 0.0779. The lowest BCUT2D eigenvalue weighted by Gasteiger charge is -2.49. The molecule has 2 aliphatic heterocycles. The molecule has 1 aromatic carbocycles. The molecule has 0 spiro atoms. The predicted octanol–water partition coefficient (Wildman–Crippen LogP) is 3.93. The molecule has 2 aromatic rings. The number of hydrogen-bond acceptors (Lipinski definition) is 5. The number of carbonyl (C=O) groups is 1. The van der Waals surface area contributed by atoms with Crippen LogP contribution in [-0.2, 0) is 5.41 Å². The highest BCUT2D eigenvalue weighted by atomic mass is 16.5. The van der Waals surface area contributed by atoms with Crippen molar-refractivity contribution < 1.29 is 9.32 Å². The topological polar surface area (TPSA) is 88.5 Å². The maximum Gasteiger partial charge on any atom is 0.319 e. The van der Waals surface area contributed by atoms with Gasteiger partial charge in [0.15, 0.2) is 0 Å². The van der Waals surface area contributed by atoms with Crippen LogP contribution in [0.1, 0.15) is 58.8 Å². The van der Waals surface area contributed by atoms with Crippen molar-refractivity contribution in [3.05, 3.63) is 30.2 Å². The van der Waals surface area contributed by atoms with Crippen LogP contribution in [0.2, 0.25) is 0 Å². The first kappa shape index (κ1) is 19.9. The fourth-order valence-electron chi connectivity index (χ4n) is 4.80. The second-order valence-corrected chi connectivity index (χ2v) is 9.43. The van der Waals surface area contributed by atoms with E-state index in [2.05, 4.69) is 22.1 Å². The number of primary amides is 1. The number of fused-ring (bicyclic) bond motifs is 2. The number of piperidine rings is 2. The highest BCUT2D eigenvalue weighted by molar-refractivity contribution is 5.95. The zero-order valence-corrected chi connectivity index (χ0v) is 17.8. The lowest BCUT2D eigenvalue weighted by molar-refractivity contribution is 0.0564. The Hall–Kier alpha value is -2.41. The number of nitrogens with zero attached hydrogens (tertiary/aromatic N) is 4. The number of hydrogen-bond donors (Lipinski definition) is 1. The zero-order valence-electron chi connectivity index (χ0n) is 17.8. The number of carbonyl (C=O) groups excluding carboxylic acids is 1. The lowest BCUT2D eigenvalue weighted by atomic mass is 9.81. The second kappa shape index (κ2) is 7.44. The number of rotatable bonds is 3. The Bertz CT molecular complexity index is 873. The van der Waals surface area contributed by atoms with E-state index in [0.29, 0.717) is 23.8 Å². The van der Waals surface area contributed by atoms with Crippen LogP contribution in [0.3, 0.4) is 0 Å². The number of para-hydroxylation sites is 1. The first-order chi connectivity index (χ1) is 13.8. The van der Waals surface area contributed by atoms with Gasteiger partial charge < -0.3 is 15.2 Å². The smallest absolute Gasteiger partial charge is 0.319 e. The van der Waals surface area contributed by atoms with Gasteiger partial charge in [-0.2, -0.15) is 4.98 Å². The van der Waals surface area contributed by atoms with Crippen LogP contribution in [0.4, 0.5) is 10.5 Å². The van der Waals surface area contributed by atoms with Gasteiger partial charge in [-0.15, -0.1) is 0 Å². The molecule has 2 bridgehead atoms. The van der Waals surface area contributed by atoms with Gasteiger partial charge in [-0.3, -0.25) is 4.90 Å². The Morgan fingerprint density at radius 3 is 2.45 bits per heavy atom. The average molecular weight is 398 g/mol. The summed E-state index contributed by atoms with van der Waals surface area (Å²) in [5, 5.41) is 4.20. The molecule has 2 amide bonds. The molecule has 2 unspecified atom stereocenters. The van der Waals surface area contributed by atoms with Crippen LogP contribution in [-0.4, -0.2) is 46.2 Å². The van der Waals surface area contributed by atoms with E-state index >= 15 is 0 Å². The molecular formula is C22H31N5O2. The molecule has 2 aliphatic rings. The van der Waals surface area contributed by atoms with Crippen molar-refractivity contribution >= 4 is 11.7 Å². The summed E-state index contributed by atoms with van der Waals surface area (Å²) in [6, 6.07) is 8.36. The van der Waals surface area contributed by atoms with E-state index in [9.17, 15) is 4.79 Å². The van der Waals surface area contributed by atoms with Gasteiger partial charge in [-0.05, 0) is 44.9 Å². The van der Waals surface area contributed by atoms with E-state index in [1.165, 1.54) is 19.3 Å². The van der Waals surface area contributed by atoms with Crippen LogP contribution in [0.25, 0.3) is 11.4 Å². The Morgan fingerprint density at radius 1 is 1.21 bits per heavy atom. The normalized spacial score (nSPS) is 25.0. The summed E-state index contributed by atoms with van der Waals surface area (Å²) in [6.07, 6.45) is 5.49. The maximum atomic E-state index is 12.6. The fourth-order valence-corrected chi connectivity index (χ4v) is 4.80. The van der Waals surface area contributed by atoms with Gasteiger partial charge in [0.2, 0.25) is 11.7 Å². The van der Waals surface area contributed by atoms with E-state index in [1.54, 1.807) is 4.90 Å². The van der Waals surface area contributed by atoms with Crippen LogP contribution in [0.5, 0.6) is 0 Å². The van der Waals surface area contributed by atoms with Gasteiger partial charge in [-0.25, -0.2) is 4.79 Å². The molecule has 4 rings (SSSR count). The number of aromatic nitrogens is 2. The molecule has 2 atom stereocenters. The molecule has 2 saturated heterocycles. The predicted molar refractivity (Wildman–Crippen MR) is 113 cm³/mol. The molecule has 0 radical (unpaired) electrons. The number of amides is 2. The number of nitrogens with two attached hydrogens (primary N) is 1. The van der Waals surface area contributed by atoms with Crippen molar-refractivity contribution in [2.75, 3.05) is 11.9 Å². The molecule has 3 heterocycles. The van der Waals surface area contributed by atoms with Crippen molar-refractivity contribution in [2.24, 2.45) is 5.73 Å². The van der Waals surface area contributed by atoms with Crippen LogP contribution >= 0.6 is 0 Å². The van der Waals surface area contributed by atoms with E-state index < -0.39 is 6.03 Å². The maximum absolute atomic E-state index is 12.6. The molecule has 2 N–H and O–H groups in total. The molecule has 1 aromatic heterocycles. The molecule has 0 aliphatic carbocycles. The van der Waals surface area contributed by atoms with E-state index in [-0.39, 0.29) is 11.5 Å². The Balaban J connectivity index is 1.71. The summed E-state index contributed by atoms with van der Waals surface area (Å²) in [5.74, 6) is 1.06. The van der Waals surface area contributed by atoms with Crippen LogP contribution in [0, 0.1) is 0 Å². The largest absolute Gasteiger partial charge is 0.351 e. The summed E-state index contributed by atoms with van der Waals surface area (Å²) in [6.45, 7) is 6.09. The molecule has 29 heavy (non-hydrogen) atoms. The first-order valence-corrected chi connectivity index (χ1v) is 10.5. The van der Waals surface area contributed by atoms with Crippen molar-refractivity contribution in [2.45, 2.75) is 76.4 Å². The van der Waals surface area contributed by atoms with Crippen LogP contribution < -0.4 is 10.6 Å². The first-order valence-electron chi connectivity index (χ1n) is 10.5. The second-order valence-electron chi connectivity index (χ2n) is 9.43. The molecule has 0 saturated carbocycles. The third-order valence-corrected chi connectivity index (χ3v) is 6.39. The van der Waals surface area contributed by atoms with E-state index in [0.717, 1.165) is 24.1 Å².